The molecule has 0 amide bonds. The van der Waals surface area contributed by atoms with Gasteiger partial charge >= 0.3 is 0 Å². The highest BCUT2D eigenvalue weighted by Gasteiger charge is 2.43. The Hall–Kier alpha value is -0.460. The number of hydrogen-bond donors (Lipinski definition) is 0. The molecule has 86 valence electrons. The number of carbonyl (C=O) groups is 1. The Morgan fingerprint density at radius 2 is 2.38 bits per heavy atom. The van der Waals surface area contributed by atoms with Crippen LogP contribution >= 0.6 is 18.6 Å². The van der Waals surface area contributed by atoms with E-state index in [-0.39, 0.29) is 0 Å². The Balaban J connectivity index is 2.18. The van der Waals surface area contributed by atoms with Gasteiger partial charge in [0.15, 0.2) is 0 Å². The standard InChI is InChI=1S/C13H18OPS/c1-11-5-7-15(10-11,8-6-12(2)14)13-4-3-9-16-13/h3-5,9H,6-8,10H2,1-2H3/q+1. The van der Waals surface area contributed by atoms with E-state index in [2.05, 4.69) is 30.5 Å². The molecule has 3 heteroatoms. The Labute approximate surface area is 102 Å². The van der Waals surface area contributed by atoms with Gasteiger partial charge in [0.1, 0.15) is 10.4 Å². The number of hydrogen-bond acceptors (Lipinski definition) is 2. The number of ketones is 1. The van der Waals surface area contributed by atoms with Crippen molar-refractivity contribution in [2.45, 2.75) is 20.3 Å². The molecule has 0 aliphatic carbocycles. The molecule has 0 aromatic carbocycles. The number of Topliss-reactive ketones (excluding diaryl/α,β-unsaturated/α-hetero) is 1. The van der Waals surface area contributed by atoms with Gasteiger partial charge in [0.25, 0.3) is 0 Å². The van der Waals surface area contributed by atoms with Crippen LogP contribution in [0.2, 0.25) is 0 Å². The first kappa shape index (κ1) is 12.0. The van der Waals surface area contributed by atoms with Crippen LogP contribution in [0.4, 0.5) is 0 Å². The smallest absolute Gasteiger partial charge is 0.147 e. The molecule has 1 aromatic rings. The summed E-state index contributed by atoms with van der Waals surface area (Å²) in [6.07, 6.45) is 6.70. The number of thiophene rings is 1. The highest BCUT2D eigenvalue weighted by atomic mass is 32.1. The zero-order valence-electron chi connectivity index (χ0n) is 9.90. The van der Waals surface area contributed by atoms with E-state index in [0.29, 0.717) is 5.78 Å². The van der Waals surface area contributed by atoms with Crippen LogP contribution in [0.25, 0.3) is 0 Å². The summed E-state index contributed by atoms with van der Waals surface area (Å²) in [6, 6.07) is 4.41. The van der Waals surface area contributed by atoms with Crippen molar-refractivity contribution in [3.05, 3.63) is 29.2 Å². The van der Waals surface area contributed by atoms with E-state index in [1.165, 1.54) is 17.9 Å². The summed E-state index contributed by atoms with van der Waals surface area (Å²) in [7, 11) is -1.06. The predicted molar refractivity (Wildman–Crippen MR) is 74.5 cm³/mol. The lowest BCUT2D eigenvalue weighted by Gasteiger charge is -2.20. The molecule has 1 aromatic heterocycles. The van der Waals surface area contributed by atoms with Crippen molar-refractivity contribution in [1.82, 2.24) is 0 Å². The van der Waals surface area contributed by atoms with Gasteiger partial charge < -0.3 is 0 Å². The average Bonchev–Trinajstić information content (AvgIpc) is 2.84. The molecule has 1 aliphatic rings. The second kappa shape index (κ2) is 4.81. The SMILES string of the molecule is CC(=O)CC[P+]1(c2cccs2)CC=C(C)C1. The zero-order valence-corrected chi connectivity index (χ0v) is 11.6. The van der Waals surface area contributed by atoms with E-state index in [1.807, 2.05) is 11.3 Å². The summed E-state index contributed by atoms with van der Waals surface area (Å²) in [5, 5.41) is 2.17. The molecule has 0 bridgehead atoms. The minimum absolute atomic E-state index is 0.334. The van der Waals surface area contributed by atoms with Gasteiger partial charge in [-0.1, -0.05) is 0 Å². The second-order valence-electron chi connectivity index (χ2n) is 4.66. The Morgan fingerprint density at radius 3 is 2.88 bits per heavy atom. The van der Waals surface area contributed by atoms with Gasteiger partial charge in [-0.3, -0.25) is 4.79 Å². The first-order valence-electron chi connectivity index (χ1n) is 5.68. The largest absolute Gasteiger partial charge is 0.300 e. The van der Waals surface area contributed by atoms with E-state index < -0.39 is 7.26 Å². The fraction of sp³-hybridized carbons (Fsp3) is 0.462. The molecule has 2 heterocycles. The van der Waals surface area contributed by atoms with Crippen molar-refractivity contribution in [3.8, 4) is 0 Å². The average molecular weight is 253 g/mol. The Bertz CT molecular complexity index is 408. The molecule has 1 aliphatic heterocycles. The van der Waals surface area contributed by atoms with Crippen molar-refractivity contribution >= 4 is 29.0 Å². The summed E-state index contributed by atoms with van der Waals surface area (Å²) in [5.41, 5.74) is 1.52. The third-order valence-electron chi connectivity index (χ3n) is 3.21. The molecule has 0 radical (unpaired) electrons. The van der Waals surface area contributed by atoms with E-state index in [4.69, 9.17) is 0 Å². The molecule has 0 saturated carbocycles. The normalized spacial score (nSPS) is 24.5. The van der Waals surface area contributed by atoms with Gasteiger partial charge in [0.2, 0.25) is 0 Å². The number of rotatable bonds is 4. The lowest BCUT2D eigenvalue weighted by Crippen LogP contribution is -2.15. The summed E-state index contributed by atoms with van der Waals surface area (Å²) in [4.78, 5) is 11.2. The fourth-order valence-electron chi connectivity index (χ4n) is 2.30. The van der Waals surface area contributed by atoms with Gasteiger partial charge in [-0.25, -0.2) is 0 Å². The molecule has 1 unspecified atom stereocenters. The van der Waals surface area contributed by atoms with Crippen molar-refractivity contribution in [2.75, 3.05) is 18.5 Å². The fourth-order valence-corrected chi connectivity index (χ4v) is 8.43. The topological polar surface area (TPSA) is 17.1 Å². The van der Waals surface area contributed by atoms with Crippen molar-refractivity contribution in [1.29, 1.82) is 0 Å². The summed E-state index contributed by atoms with van der Waals surface area (Å²) in [5.74, 6) is 0.334. The first-order chi connectivity index (χ1) is 7.62. The van der Waals surface area contributed by atoms with Crippen LogP contribution in [0, 0.1) is 0 Å². The van der Waals surface area contributed by atoms with Crippen LogP contribution in [-0.4, -0.2) is 24.3 Å². The molecule has 1 atom stereocenters. The molecule has 0 saturated heterocycles. The third-order valence-corrected chi connectivity index (χ3v) is 9.51. The van der Waals surface area contributed by atoms with Crippen LogP contribution < -0.4 is 4.62 Å². The summed E-state index contributed by atoms with van der Waals surface area (Å²) >= 11 is 1.88. The van der Waals surface area contributed by atoms with Crippen molar-refractivity contribution in [2.24, 2.45) is 0 Å². The van der Waals surface area contributed by atoms with Gasteiger partial charge in [0, 0.05) is 6.42 Å². The van der Waals surface area contributed by atoms with E-state index in [9.17, 15) is 4.79 Å². The van der Waals surface area contributed by atoms with E-state index in [0.717, 1.165) is 12.6 Å². The van der Waals surface area contributed by atoms with Gasteiger partial charge in [0.05, 0.1) is 25.7 Å². The number of carbonyl (C=O) groups excluding carboxylic acids is 1. The molecule has 0 fully saturated rings. The number of allylic oxidation sites excluding steroid dienone is 2. The Kier molecular flexibility index (Phi) is 3.61. The van der Waals surface area contributed by atoms with E-state index >= 15 is 0 Å². The third kappa shape index (κ3) is 2.44. The molecule has 16 heavy (non-hydrogen) atoms. The van der Waals surface area contributed by atoms with Crippen LogP contribution in [0.1, 0.15) is 20.3 Å². The summed E-state index contributed by atoms with van der Waals surface area (Å²) in [6.45, 7) is 3.93. The zero-order chi connectivity index (χ0) is 11.6. The quantitative estimate of drug-likeness (QED) is 0.594. The van der Waals surface area contributed by atoms with Crippen LogP contribution in [0.15, 0.2) is 29.2 Å². The molecule has 0 N–H and O–H groups in total. The molecule has 1 nitrogen and oxygen atoms in total. The highest BCUT2D eigenvalue weighted by molar-refractivity contribution is 7.87. The van der Waals surface area contributed by atoms with E-state index in [1.54, 1.807) is 11.5 Å². The lowest BCUT2D eigenvalue weighted by molar-refractivity contribution is -0.116. The first-order valence-corrected chi connectivity index (χ1v) is 8.90. The molecule has 0 spiro atoms. The molecular formula is C13H18OPS+. The minimum atomic E-state index is -1.06. The predicted octanol–water partition coefficient (Wildman–Crippen LogP) is 3.33. The maximum Gasteiger partial charge on any atom is 0.147 e. The Morgan fingerprint density at radius 1 is 1.56 bits per heavy atom. The van der Waals surface area contributed by atoms with Crippen LogP contribution in [0.3, 0.4) is 0 Å². The minimum Gasteiger partial charge on any atom is -0.300 e. The van der Waals surface area contributed by atoms with Crippen molar-refractivity contribution in [3.63, 3.8) is 0 Å². The van der Waals surface area contributed by atoms with Crippen LogP contribution in [0.5, 0.6) is 0 Å². The summed E-state index contributed by atoms with van der Waals surface area (Å²) < 4.78 is 1.56. The lowest BCUT2D eigenvalue weighted by atomic mass is 10.3. The maximum absolute atomic E-state index is 11.2. The monoisotopic (exact) mass is 253 g/mol. The van der Waals surface area contributed by atoms with Gasteiger partial charge in [-0.2, -0.15) is 0 Å². The van der Waals surface area contributed by atoms with Gasteiger partial charge in [-0.05, 0) is 43.0 Å². The highest BCUT2D eigenvalue weighted by Crippen LogP contribution is 2.63. The molecular weight excluding hydrogens is 235 g/mol. The second-order valence-corrected chi connectivity index (χ2v) is 9.81. The maximum atomic E-state index is 11.2. The van der Waals surface area contributed by atoms with Gasteiger partial charge in [-0.15, -0.1) is 11.3 Å². The van der Waals surface area contributed by atoms with Crippen molar-refractivity contribution < 1.29 is 4.79 Å². The van der Waals surface area contributed by atoms with Crippen LogP contribution in [-0.2, 0) is 4.79 Å². The molecule has 2 rings (SSSR count).